The van der Waals surface area contributed by atoms with Crippen molar-refractivity contribution >= 4 is 5.91 Å². The first-order chi connectivity index (χ1) is 11.6. The lowest BCUT2D eigenvalue weighted by Gasteiger charge is -2.21. The van der Waals surface area contributed by atoms with Gasteiger partial charge in [0.25, 0.3) is 0 Å². The topological polar surface area (TPSA) is 62.9 Å². The maximum Gasteiger partial charge on any atom is 0.223 e. The van der Waals surface area contributed by atoms with Crippen molar-refractivity contribution in [3.05, 3.63) is 47.7 Å². The molecule has 1 aromatic heterocycles. The van der Waals surface area contributed by atoms with Gasteiger partial charge in [0.05, 0.1) is 19.3 Å². The number of rotatable bonds is 4. The molecular formula is C19H23NO4. The van der Waals surface area contributed by atoms with Crippen LogP contribution in [-0.2, 0) is 16.0 Å². The third-order valence-corrected chi connectivity index (χ3v) is 4.18. The van der Waals surface area contributed by atoms with Gasteiger partial charge in [0.15, 0.2) is 0 Å². The first kappa shape index (κ1) is 16.7. The lowest BCUT2D eigenvalue weighted by molar-refractivity contribution is -0.132. The van der Waals surface area contributed by atoms with Gasteiger partial charge in [-0.3, -0.25) is 4.79 Å². The van der Waals surface area contributed by atoms with Crippen molar-refractivity contribution in [3.8, 4) is 11.3 Å². The van der Waals surface area contributed by atoms with Gasteiger partial charge in [0, 0.05) is 31.5 Å². The van der Waals surface area contributed by atoms with Crippen LogP contribution in [0.15, 0.2) is 40.8 Å². The Hall–Kier alpha value is -2.11. The number of aliphatic hydroxyl groups excluding tert-OH is 1. The number of furan rings is 1. The van der Waals surface area contributed by atoms with Gasteiger partial charge in [-0.2, -0.15) is 0 Å². The SMILES string of the molecule is Cc1ccc(-c2ccc(CCC(=O)N3CCOC[C@@H](O)C3)o2)cc1. The highest BCUT2D eigenvalue weighted by Crippen LogP contribution is 2.23. The molecule has 2 aromatic rings. The first-order valence-corrected chi connectivity index (χ1v) is 8.31. The monoisotopic (exact) mass is 329 g/mol. The molecule has 5 heteroatoms. The number of aryl methyl sites for hydroxylation is 2. The summed E-state index contributed by atoms with van der Waals surface area (Å²) in [5, 5.41) is 9.71. The number of amides is 1. The fourth-order valence-corrected chi connectivity index (χ4v) is 2.79. The third kappa shape index (κ3) is 4.24. The average Bonchev–Trinajstić information content (AvgIpc) is 2.94. The summed E-state index contributed by atoms with van der Waals surface area (Å²) in [5.41, 5.74) is 2.24. The number of nitrogens with zero attached hydrogens (tertiary/aromatic N) is 1. The molecule has 128 valence electrons. The minimum Gasteiger partial charge on any atom is -0.461 e. The van der Waals surface area contributed by atoms with Crippen molar-refractivity contribution in [1.29, 1.82) is 0 Å². The Bertz CT molecular complexity index is 677. The Morgan fingerprint density at radius 1 is 1.25 bits per heavy atom. The molecule has 0 saturated carbocycles. The molecule has 2 heterocycles. The summed E-state index contributed by atoms with van der Waals surface area (Å²) in [6.07, 6.45) is 0.319. The Labute approximate surface area is 141 Å². The average molecular weight is 329 g/mol. The summed E-state index contributed by atoms with van der Waals surface area (Å²) in [4.78, 5) is 14.0. The van der Waals surface area contributed by atoms with Crippen LogP contribution >= 0.6 is 0 Å². The highest BCUT2D eigenvalue weighted by atomic mass is 16.5. The predicted octanol–water partition coefficient (Wildman–Crippen LogP) is 2.41. The maximum absolute atomic E-state index is 12.3. The Morgan fingerprint density at radius 2 is 2.04 bits per heavy atom. The largest absolute Gasteiger partial charge is 0.461 e. The zero-order valence-electron chi connectivity index (χ0n) is 13.9. The summed E-state index contributed by atoms with van der Waals surface area (Å²) in [7, 11) is 0. The zero-order chi connectivity index (χ0) is 16.9. The van der Waals surface area contributed by atoms with Gasteiger partial charge in [0.1, 0.15) is 11.5 Å². The molecule has 0 unspecified atom stereocenters. The first-order valence-electron chi connectivity index (χ1n) is 8.31. The molecule has 1 aliphatic rings. The van der Waals surface area contributed by atoms with Crippen molar-refractivity contribution in [3.63, 3.8) is 0 Å². The smallest absolute Gasteiger partial charge is 0.223 e. The molecule has 5 nitrogen and oxygen atoms in total. The second kappa shape index (κ2) is 7.64. The number of ether oxygens (including phenoxy) is 1. The van der Waals surface area contributed by atoms with Gasteiger partial charge in [-0.1, -0.05) is 29.8 Å². The predicted molar refractivity (Wildman–Crippen MR) is 90.6 cm³/mol. The zero-order valence-corrected chi connectivity index (χ0v) is 13.9. The lowest BCUT2D eigenvalue weighted by Crippen LogP contribution is -2.37. The molecule has 1 aliphatic heterocycles. The molecule has 1 fully saturated rings. The minimum atomic E-state index is -0.604. The molecule has 0 aliphatic carbocycles. The standard InChI is InChI=1S/C19H23NO4/c1-14-2-4-15(5-3-14)18-8-6-17(24-18)7-9-19(22)20-10-11-23-13-16(21)12-20/h2-6,8,16,21H,7,9-13H2,1H3/t16-/m0/s1. The van der Waals surface area contributed by atoms with E-state index in [0.29, 0.717) is 39.1 Å². The van der Waals surface area contributed by atoms with Crippen molar-refractivity contribution in [2.45, 2.75) is 25.9 Å². The van der Waals surface area contributed by atoms with Crippen molar-refractivity contribution in [1.82, 2.24) is 4.90 Å². The molecule has 0 radical (unpaired) electrons. The van der Waals surface area contributed by atoms with E-state index in [9.17, 15) is 9.90 Å². The van der Waals surface area contributed by atoms with E-state index in [1.165, 1.54) is 5.56 Å². The summed E-state index contributed by atoms with van der Waals surface area (Å²) in [6, 6.07) is 12.0. The van der Waals surface area contributed by atoms with Crippen LogP contribution in [0.4, 0.5) is 0 Å². The van der Waals surface area contributed by atoms with Crippen LogP contribution in [0.5, 0.6) is 0 Å². The molecule has 0 spiro atoms. The Morgan fingerprint density at radius 3 is 2.83 bits per heavy atom. The Kier molecular flexibility index (Phi) is 5.33. The van der Waals surface area contributed by atoms with E-state index in [1.54, 1.807) is 4.90 Å². The maximum atomic E-state index is 12.3. The number of hydrogen-bond acceptors (Lipinski definition) is 4. The normalized spacial score (nSPS) is 18.4. The van der Waals surface area contributed by atoms with Gasteiger partial charge in [-0.25, -0.2) is 0 Å². The molecule has 1 amide bonds. The van der Waals surface area contributed by atoms with Gasteiger partial charge >= 0.3 is 0 Å². The van der Waals surface area contributed by atoms with Crippen LogP contribution in [0.1, 0.15) is 17.7 Å². The molecule has 0 bridgehead atoms. The minimum absolute atomic E-state index is 0.0211. The Balaban J connectivity index is 1.57. The van der Waals surface area contributed by atoms with Crippen LogP contribution < -0.4 is 0 Å². The number of aliphatic hydroxyl groups is 1. The van der Waals surface area contributed by atoms with Crippen molar-refractivity contribution in [2.24, 2.45) is 0 Å². The van der Waals surface area contributed by atoms with Crippen LogP contribution in [-0.4, -0.2) is 48.3 Å². The molecule has 1 N–H and O–H groups in total. The van der Waals surface area contributed by atoms with E-state index >= 15 is 0 Å². The van der Waals surface area contributed by atoms with Crippen LogP contribution in [0.2, 0.25) is 0 Å². The second-order valence-corrected chi connectivity index (χ2v) is 6.20. The molecular weight excluding hydrogens is 306 g/mol. The third-order valence-electron chi connectivity index (χ3n) is 4.18. The number of carbonyl (C=O) groups excluding carboxylic acids is 1. The van der Waals surface area contributed by atoms with Crippen molar-refractivity contribution < 1.29 is 19.1 Å². The molecule has 3 rings (SSSR count). The fraction of sp³-hybridized carbons (Fsp3) is 0.421. The summed E-state index contributed by atoms with van der Waals surface area (Å²) in [6.45, 7) is 3.69. The van der Waals surface area contributed by atoms with Gasteiger partial charge in [0.2, 0.25) is 5.91 Å². The van der Waals surface area contributed by atoms with Gasteiger partial charge in [-0.05, 0) is 19.1 Å². The van der Waals surface area contributed by atoms with Gasteiger partial charge in [-0.15, -0.1) is 0 Å². The van der Waals surface area contributed by atoms with E-state index < -0.39 is 6.10 Å². The van der Waals surface area contributed by atoms with E-state index in [4.69, 9.17) is 9.15 Å². The number of hydrogen-bond donors (Lipinski definition) is 1. The summed E-state index contributed by atoms with van der Waals surface area (Å²) in [5.74, 6) is 1.63. The molecule has 1 saturated heterocycles. The van der Waals surface area contributed by atoms with Crippen LogP contribution in [0.25, 0.3) is 11.3 Å². The summed E-state index contributed by atoms with van der Waals surface area (Å²) >= 11 is 0. The fourth-order valence-electron chi connectivity index (χ4n) is 2.79. The molecule has 1 aromatic carbocycles. The number of benzene rings is 1. The highest BCUT2D eigenvalue weighted by molar-refractivity contribution is 5.76. The second-order valence-electron chi connectivity index (χ2n) is 6.20. The molecule has 24 heavy (non-hydrogen) atoms. The number of carbonyl (C=O) groups is 1. The van der Waals surface area contributed by atoms with E-state index in [1.807, 2.05) is 43.3 Å². The van der Waals surface area contributed by atoms with E-state index in [0.717, 1.165) is 17.1 Å². The highest BCUT2D eigenvalue weighted by Gasteiger charge is 2.21. The molecule has 1 atom stereocenters. The van der Waals surface area contributed by atoms with E-state index in [-0.39, 0.29) is 5.91 Å². The van der Waals surface area contributed by atoms with Gasteiger partial charge < -0.3 is 19.2 Å². The number of β-amino-alcohol motifs (C(OH)–C–C–N with tert-alkyl or cyclic N) is 1. The van der Waals surface area contributed by atoms with E-state index in [2.05, 4.69) is 0 Å². The lowest BCUT2D eigenvalue weighted by atomic mass is 10.1. The van der Waals surface area contributed by atoms with Crippen LogP contribution in [0.3, 0.4) is 0 Å². The van der Waals surface area contributed by atoms with Crippen LogP contribution in [0, 0.1) is 6.92 Å². The van der Waals surface area contributed by atoms with Crippen molar-refractivity contribution in [2.75, 3.05) is 26.3 Å². The quantitative estimate of drug-likeness (QED) is 0.936. The summed E-state index contributed by atoms with van der Waals surface area (Å²) < 4.78 is 11.1.